The molecule has 720 valence electrons. The van der Waals surface area contributed by atoms with Crippen molar-refractivity contribution in [1.82, 2.24) is 0 Å². The predicted octanol–water partition coefficient (Wildman–Crippen LogP) is 32.2. The molecule has 9 aromatic rings. The smallest absolute Gasteiger partial charge is 0.424 e. The molecule has 11 rings (SSSR count). The molecule has 131 heavy (non-hydrogen) atoms. The summed E-state index contributed by atoms with van der Waals surface area (Å²) in [4.78, 5) is 14.0. The minimum absolute atomic E-state index is 0.0596. The maximum absolute atomic E-state index is 13.3. The standard InChI is InChI=1S/C18H26ClO4P.C18H14ClO4P.C16H17Cl2O4P.C14H24NO6P.C14H22NO6P.C12H19O3P/c2*19-17-13-7-8-14-18(17)23-24(20,21-15-9-3-1-4-10-15)22-16-11-5-2-6-12-16;1-2-3-12-20-23(19,21-15-10-6-4-8-13(15)17)22-16-11-7-5-9-14(16)18;1-3-5-11-18-22(17,19-12-6-4-2)20-14-9-7-13(8-10-14)15-21-16;1-3-5-10-19-22(18,20-11-6-4-2)21-14-9-7-8-13(12-14)15(16)17;1-4-5-10-14-16(3,13)15-12-9-7-6-8-11(12)2/h7-8,13-16H,1-6,9-12H2;1-14H;4-11H,2-3,12H2,1H3;7-10,15-16H,3-6,11-12H2,1-2H3;7-9,12H,3-6,10-11H2,1-2H3;6-9H,4-5,10H2,1-3H3. The van der Waals surface area contributed by atoms with Crippen molar-refractivity contribution in [2.24, 2.45) is 0 Å². The Bertz CT molecular complexity index is 4890. The first-order valence-electron chi connectivity index (χ1n) is 43.6. The molecule has 0 bridgehead atoms. The molecular formula is C92H122Cl4N2O27P6. The van der Waals surface area contributed by atoms with Gasteiger partial charge < -0.3 is 40.7 Å². The summed E-state index contributed by atoms with van der Waals surface area (Å²) >= 11 is 24.3. The second-order valence-electron chi connectivity index (χ2n) is 29.3. The maximum Gasteiger partial charge on any atom is 0.647 e. The lowest BCUT2D eigenvalue weighted by atomic mass is 9.98. The van der Waals surface area contributed by atoms with Crippen molar-refractivity contribution in [2.45, 2.75) is 202 Å². The third kappa shape index (κ3) is 45.6. The van der Waals surface area contributed by atoms with Crippen LogP contribution >= 0.6 is 93.1 Å². The summed E-state index contributed by atoms with van der Waals surface area (Å²) in [5.74, 6) is 2.81. The van der Waals surface area contributed by atoms with Gasteiger partial charge in [-0.1, -0.05) is 274 Å². The highest BCUT2D eigenvalue weighted by Gasteiger charge is 2.39. The second kappa shape index (κ2) is 62.2. The van der Waals surface area contributed by atoms with E-state index in [-0.39, 0.29) is 60.7 Å². The third-order valence-electron chi connectivity index (χ3n) is 18.2. The van der Waals surface area contributed by atoms with Crippen LogP contribution in [0.5, 0.6) is 51.7 Å². The van der Waals surface area contributed by atoms with E-state index in [1.54, 1.807) is 170 Å². The van der Waals surface area contributed by atoms with Crippen LogP contribution in [0.1, 0.15) is 188 Å². The lowest BCUT2D eigenvalue weighted by molar-refractivity contribution is -0.384. The Hall–Kier alpha value is -7.48. The van der Waals surface area contributed by atoms with Crippen LogP contribution in [0.3, 0.4) is 0 Å². The fourth-order valence-corrected chi connectivity index (χ4v) is 20.0. The van der Waals surface area contributed by atoms with Crippen LogP contribution in [0.4, 0.5) is 11.4 Å². The van der Waals surface area contributed by atoms with E-state index in [1.807, 2.05) is 77.9 Å². The van der Waals surface area contributed by atoms with E-state index in [0.717, 1.165) is 134 Å². The molecule has 0 saturated heterocycles. The summed E-state index contributed by atoms with van der Waals surface area (Å²) in [6.45, 7) is 17.3. The summed E-state index contributed by atoms with van der Waals surface area (Å²) in [6, 6.07) is 63.7. The van der Waals surface area contributed by atoms with Gasteiger partial charge in [-0.05, 0) is 186 Å². The molecule has 1 unspecified atom stereocenters. The zero-order valence-corrected chi connectivity index (χ0v) is 83.5. The minimum Gasteiger partial charge on any atom is -0.424 e. The van der Waals surface area contributed by atoms with Crippen LogP contribution in [-0.4, -0.2) is 68.7 Å². The van der Waals surface area contributed by atoms with Crippen molar-refractivity contribution in [2.75, 3.05) is 51.8 Å². The van der Waals surface area contributed by atoms with Crippen LogP contribution in [0, 0.1) is 17.0 Å². The quantitative estimate of drug-likeness (QED) is 0.0118. The van der Waals surface area contributed by atoms with Crippen molar-refractivity contribution in [3.8, 4) is 51.7 Å². The largest absolute Gasteiger partial charge is 0.647 e. The van der Waals surface area contributed by atoms with Gasteiger partial charge in [0.1, 0.15) is 34.5 Å². The SMILES string of the molecule is CCCCOP(=O)(OCCCC)Oc1ccc(NOO)cc1.CCCCOP(=O)(OCCCC)Oc1cccc([N+](=O)[O-])c1.CCCCOP(=O)(Oc1ccccc1Cl)Oc1ccccc1Cl.CCCCOP(C)(=O)Oc1ccccc1C.O=P(Oc1ccccc1)(Oc1ccccc1)Oc1ccccc1Cl.O=P(Oc1ccccc1Cl)(OC1CCCCC1)OC1CCCCC1. The van der Waals surface area contributed by atoms with Crippen molar-refractivity contribution in [3.05, 3.63) is 266 Å². The van der Waals surface area contributed by atoms with Gasteiger partial charge in [0.25, 0.3) is 5.69 Å². The average Bonchev–Trinajstić information content (AvgIpc) is 0.836. The van der Waals surface area contributed by atoms with Crippen LogP contribution < -0.4 is 46.2 Å². The first kappa shape index (κ1) is 112. The molecule has 0 heterocycles. The molecule has 2 aliphatic rings. The van der Waals surface area contributed by atoms with Crippen LogP contribution in [-0.2, 0) is 68.6 Å². The first-order chi connectivity index (χ1) is 63.0. The Morgan fingerprint density at radius 3 is 1.01 bits per heavy atom. The Kier molecular flexibility index (Phi) is 53.3. The number of non-ortho nitro benzene ring substituents is 1. The average molecular weight is 2020 g/mol. The van der Waals surface area contributed by atoms with E-state index in [4.69, 9.17) is 129 Å². The molecule has 0 aromatic heterocycles. The number of halogens is 4. The molecule has 9 aromatic carbocycles. The molecule has 0 radical (unpaired) electrons. The highest BCUT2D eigenvalue weighted by Crippen LogP contribution is 2.58. The van der Waals surface area contributed by atoms with E-state index in [9.17, 15) is 37.5 Å². The number of rotatable bonds is 49. The fourth-order valence-electron chi connectivity index (χ4n) is 11.2. The van der Waals surface area contributed by atoms with E-state index < -0.39 is 51.6 Å². The zero-order valence-electron chi connectivity index (χ0n) is 75.1. The molecule has 2 aliphatic carbocycles. The summed E-state index contributed by atoms with van der Waals surface area (Å²) in [5.41, 5.74) is 3.58. The third-order valence-corrected chi connectivity index (χ3v) is 27.6. The molecule has 0 spiro atoms. The number of nitrogens with one attached hydrogen (secondary N) is 1. The molecule has 0 aliphatic heterocycles. The molecule has 2 N–H and O–H groups in total. The van der Waals surface area contributed by atoms with Gasteiger partial charge in [0.05, 0.1) is 88.6 Å². The number of aryl methyl sites for hydroxylation is 1. The number of benzene rings is 9. The number of nitro benzene ring substituents is 1. The second-order valence-corrected chi connectivity index (χ2v) is 40.5. The number of nitrogens with zero attached hydrogens (tertiary/aromatic N) is 1. The van der Waals surface area contributed by atoms with Gasteiger partial charge in [-0.25, -0.2) is 33.6 Å². The number of nitro groups is 1. The molecule has 2 fully saturated rings. The Labute approximate surface area is 790 Å². The van der Waals surface area contributed by atoms with Crippen LogP contribution in [0.2, 0.25) is 20.1 Å². The van der Waals surface area contributed by atoms with Crippen molar-refractivity contribution in [3.63, 3.8) is 0 Å². The van der Waals surface area contributed by atoms with E-state index >= 15 is 0 Å². The summed E-state index contributed by atoms with van der Waals surface area (Å²) in [5, 5.41) is 20.4. The molecule has 0 amide bonds. The minimum atomic E-state index is -4.00. The highest BCUT2D eigenvalue weighted by atomic mass is 35.5. The molecule has 1 atom stereocenters. The summed E-state index contributed by atoms with van der Waals surface area (Å²) in [7, 11) is -22.0. The number of unbranched alkanes of at least 4 members (excludes halogenated alkanes) is 6. The fraction of sp³-hybridized carbons (Fsp3) is 0.413. The highest BCUT2D eigenvalue weighted by molar-refractivity contribution is 7.53. The van der Waals surface area contributed by atoms with E-state index in [1.165, 1.54) is 43.8 Å². The van der Waals surface area contributed by atoms with Gasteiger partial charge in [0.15, 0.2) is 17.2 Å². The van der Waals surface area contributed by atoms with Crippen LogP contribution in [0.15, 0.2) is 231 Å². The van der Waals surface area contributed by atoms with Gasteiger partial charge in [0.2, 0.25) is 0 Å². The van der Waals surface area contributed by atoms with E-state index in [2.05, 4.69) is 17.4 Å². The van der Waals surface area contributed by atoms with Crippen molar-refractivity contribution < 1.29 is 119 Å². The predicted molar refractivity (Wildman–Crippen MR) is 515 cm³/mol. The number of para-hydroxylation sites is 7. The van der Waals surface area contributed by atoms with Gasteiger partial charge in [-0.15, -0.1) is 4.99 Å². The Morgan fingerprint density at radius 1 is 0.344 bits per heavy atom. The zero-order chi connectivity index (χ0) is 95.1. The molecular weight excluding hydrogens is 1890 g/mol. The summed E-state index contributed by atoms with van der Waals surface area (Å²) in [6.07, 6.45) is 20.5. The topological polar surface area (TPSA) is 344 Å². The van der Waals surface area contributed by atoms with Gasteiger partial charge in [0, 0.05) is 12.7 Å². The number of phosphoric acid groups is 5. The summed E-state index contributed by atoms with van der Waals surface area (Å²) < 4.78 is 169. The molecule has 29 nitrogen and oxygen atoms in total. The number of hydrogen-bond donors (Lipinski definition) is 2. The Morgan fingerprint density at radius 2 is 0.649 bits per heavy atom. The van der Waals surface area contributed by atoms with Crippen molar-refractivity contribution >= 4 is 104 Å². The lowest BCUT2D eigenvalue weighted by Crippen LogP contribution is -2.22. The van der Waals surface area contributed by atoms with Crippen LogP contribution in [0.25, 0.3) is 0 Å². The Balaban J connectivity index is 0.000000243. The maximum atomic E-state index is 13.3. The first-order valence-corrected chi connectivity index (χ1v) is 54.4. The monoisotopic (exact) mass is 2010 g/mol. The van der Waals surface area contributed by atoms with Gasteiger partial charge >= 0.3 is 46.7 Å². The van der Waals surface area contributed by atoms with Gasteiger partial charge in [-0.2, -0.15) is 4.57 Å². The lowest BCUT2D eigenvalue weighted by Gasteiger charge is -2.30. The normalized spacial score (nSPS) is 13.4. The molecule has 2 saturated carbocycles. The van der Waals surface area contributed by atoms with E-state index in [0.29, 0.717) is 74.3 Å². The molecule has 39 heteroatoms. The number of anilines is 1. The van der Waals surface area contributed by atoms with Crippen molar-refractivity contribution in [1.29, 1.82) is 0 Å². The van der Waals surface area contributed by atoms with Gasteiger partial charge in [-0.3, -0.25) is 46.3 Å². The number of phosphoric ester groups is 5. The number of hydrogen-bond acceptors (Lipinski definition) is 28.